The first kappa shape index (κ1) is 13.7. The number of hydrogen-bond donors (Lipinski definition) is 1. The highest BCUT2D eigenvalue weighted by Crippen LogP contribution is 2.14. The van der Waals surface area contributed by atoms with Crippen LogP contribution in [0.2, 0.25) is 0 Å². The maximum Gasteiger partial charge on any atom is 0.251 e. The zero-order valence-corrected chi connectivity index (χ0v) is 11.5. The monoisotopic (exact) mass is 294 g/mol. The highest BCUT2D eigenvalue weighted by Gasteiger charge is 2.23. The zero-order chi connectivity index (χ0) is 12.9. The summed E-state index contributed by atoms with van der Waals surface area (Å²) in [4.78, 5) is 12.0. The first-order valence-corrected chi connectivity index (χ1v) is 6.55. The van der Waals surface area contributed by atoms with Crippen LogP contribution in [-0.2, 0) is 0 Å². The third-order valence-corrected chi connectivity index (χ3v) is 4.00. The molecule has 0 spiro atoms. The van der Waals surface area contributed by atoms with Crippen LogP contribution in [0.25, 0.3) is 0 Å². The van der Waals surface area contributed by atoms with E-state index < -0.39 is 0 Å². The van der Waals surface area contributed by atoms with Gasteiger partial charge in [-0.2, -0.15) is 5.26 Å². The Balaban J connectivity index is 2.80. The number of benzene rings is 1. The maximum atomic E-state index is 12.0. The number of rotatable bonds is 4. The minimum atomic E-state index is -0.245. The third-order valence-electron chi connectivity index (χ3n) is 2.77. The van der Waals surface area contributed by atoms with Gasteiger partial charge in [-0.3, -0.25) is 4.79 Å². The van der Waals surface area contributed by atoms with Crippen LogP contribution >= 0.6 is 15.9 Å². The van der Waals surface area contributed by atoms with Crippen LogP contribution in [0.4, 0.5) is 0 Å². The number of amides is 1. The fraction of sp³-hybridized carbons (Fsp3) is 0.385. The summed E-state index contributed by atoms with van der Waals surface area (Å²) >= 11 is 3.40. The van der Waals surface area contributed by atoms with Crippen LogP contribution in [0.15, 0.2) is 24.3 Å². The molecule has 4 heteroatoms. The Labute approximate surface area is 110 Å². The fourth-order valence-corrected chi connectivity index (χ4v) is 1.80. The van der Waals surface area contributed by atoms with Crippen LogP contribution in [0.1, 0.15) is 36.2 Å². The van der Waals surface area contributed by atoms with E-state index in [-0.39, 0.29) is 11.4 Å². The van der Waals surface area contributed by atoms with Gasteiger partial charge in [0.2, 0.25) is 0 Å². The lowest BCUT2D eigenvalue weighted by Crippen LogP contribution is -2.46. The van der Waals surface area contributed by atoms with E-state index >= 15 is 0 Å². The van der Waals surface area contributed by atoms with Crippen LogP contribution in [0.5, 0.6) is 0 Å². The van der Waals surface area contributed by atoms with Crippen LogP contribution < -0.4 is 5.32 Å². The van der Waals surface area contributed by atoms with Gasteiger partial charge in [-0.05, 0) is 37.6 Å². The Hall–Kier alpha value is -1.34. The van der Waals surface area contributed by atoms with Crippen LogP contribution in [0, 0.1) is 11.3 Å². The average molecular weight is 295 g/mol. The SMILES string of the molecule is CCC(C)(CBr)NC(=O)c1ccc(C#N)cc1. The lowest BCUT2D eigenvalue weighted by atomic mass is 10.0. The fourth-order valence-electron chi connectivity index (χ4n) is 1.26. The molecule has 0 aromatic heterocycles. The van der Waals surface area contributed by atoms with Crippen molar-refractivity contribution < 1.29 is 4.79 Å². The summed E-state index contributed by atoms with van der Waals surface area (Å²) in [6.07, 6.45) is 0.847. The molecule has 1 unspecified atom stereocenters. The molecule has 0 saturated carbocycles. The molecule has 0 aliphatic heterocycles. The van der Waals surface area contributed by atoms with Gasteiger partial charge in [0.05, 0.1) is 11.6 Å². The number of nitrogens with one attached hydrogen (secondary N) is 1. The Morgan fingerprint density at radius 3 is 2.47 bits per heavy atom. The van der Waals surface area contributed by atoms with Gasteiger partial charge in [-0.1, -0.05) is 22.9 Å². The van der Waals surface area contributed by atoms with Crippen molar-refractivity contribution in [3.05, 3.63) is 35.4 Å². The lowest BCUT2D eigenvalue weighted by Gasteiger charge is -2.27. The summed E-state index contributed by atoms with van der Waals surface area (Å²) in [6.45, 7) is 4.02. The minimum absolute atomic E-state index is 0.113. The second-order valence-corrected chi connectivity index (χ2v) is 4.75. The van der Waals surface area contributed by atoms with E-state index in [1.807, 2.05) is 19.9 Å². The zero-order valence-electron chi connectivity index (χ0n) is 9.96. The molecule has 0 aliphatic carbocycles. The van der Waals surface area contributed by atoms with Crippen LogP contribution in [0.3, 0.4) is 0 Å². The van der Waals surface area contributed by atoms with Crippen molar-refractivity contribution in [3.8, 4) is 6.07 Å². The normalized spacial score (nSPS) is 13.5. The Kier molecular flexibility index (Phi) is 4.71. The highest BCUT2D eigenvalue weighted by molar-refractivity contribution is 9.09. The van der Waals surface area contributed by atoms with Gasteiger partial charge >= 0.3 is 0 Å². The van der Waals surface area contributed by atoms with Crippen molar-refractivity contribution in [1.29, 1.82) is 5.26 Å². The van der Waals surface area contributed by atoms with Crippen molar-refractivity contribution in [2.24, 2.45) is 0 Å². The van der Waals surface area contributed by atoms with Gasteiger partial charge < -0.3 is 5.32 Å². The first-order chi connectivity index (χ1) is 8.04. The second-order valence-electron chi connectivity index (χ2n) is 4.19. The molecule has 1 N–H and O–H groups in total. The van der Waals surface area contributed by atoms with Gasteiger partial charge in [-0.25, -0.2) is 0 Å². The second kappa shape index (κ2) is 5.83. The van der Waals surface area contributed by atoms with Gasteiger partial charge in [0.1, 0.15) is 0 Å². The van der Waals surface area contributed by atoms with Crippen molar-refractivity contribution in [3.63, 3.8) is 0 Å². The summed E-state index contributed by atoms with van der Waals surface area (Å²) in [5.41, 5.74) is 0.884. The van der Waals surface area contributed by atoms with Crippen LogP contribution in [-0.4, -0.2) is 16.8 Å². The van der Waals surface area contributed by atoms with E-state index in [4.69, 9.17) is 5.26 Å². The van der Waals surface area contributed by atoms with E-state index in [0.717, 1.165) is 6.42 Å². The Morgan fingerprint density at radius 2 is 2.06 bits per heavy atom. The summed E-state index contributed by atoms with van der Waals surface area (Å²) in [6, 6.07) is 8.64. The van der Waals surface area contributed by atoms with Gasteiger partial charge in [0.15, 0.2) is 0 Å². The smallest absolute Gasteiger partial charge is 0.251 e. The lowest BCUT2D eigenvalue weighted by molar-refractivity contribution is 0.0913. The van der Waals surface area contributed by atoms with Gasteiger partial charge in [0.25, 0.3) is 5.91 Å². The molecule has 90 valence electrons. The van der Waals surface area contributed by atoms with E-state index in [1.54, 1.807) is 24.3 Å². The van der Waals surface area contributed by atoms with E-state index in [1.165, 1.54) is 0 Å². The van der Waals surface area contributed by atoms with E-state index in [0.29, 0.717) is 16.5 Å². The number of nitrogens with zero attached hydrogens (tertiary/aromatic N) is 1. The predicted molar refractivity (Wildman–Crippen MR) is 71.1 cm³/mol. The molecular formula is C13H15BrN2O. The van der Waals surface area contributed by atoms with Crippen molar-refractivity contribution in [2.75, 3.05) is 5.33 Å². The summed E-state index contributed by atoms with van der Waals surface area (Å²) in [7, 11) is 0. The Morgan fingerprint density at radius 1 is 1.47 bits per heavy atom. The number of nitriles is 1. The largest absolute Gasteiger partial charge is 0.346 e. The quantitative estimate of drug-likeness (QED) is 0.868. The molecule has 0 fully saturated rings. The standard InChI is InChI=1S/C13H15BrN2O/c1-3-13(2,9-14)16-12(17)11-6-4-10(8-15)5-7-11/h4-7H,3,9H2,1-2H3,(H,16,17). The maximum absolute atomic E-state index is 12.0. The molecule has 0 saturated heterocycles. The minimum Gasteiger partial charge on any atom is -0.346 e. The topological polar surface area (TPSA) is 52.9 Å². The molecular weight excluding hydrogens is 280 g/mol. The van der Waals surface area contributed by atoms with Crippen molar-refractivity contribution in [1.82, 2.24) is 5.32 Å². The van der Waals surface area contributed by atoms with Gasteiger partial charge in [-0.15, -0.1) is 0 Å². The summed E-state index contributed by atoms with van der Waals surface area (Å²) < 4.78 is 0. The summed E-state index contributed by atoms with van der Waals surface area (Å²) in [5.74, 6) is -0.113. The molecule has 0 bridgehead atoms. The summed E-state index contributed by atoms with van der Waals surface area (Å²) in [5, 5.41) is 12.4. The van der Waals surface area contributed by atoms with E-state index in [2.05, 4.69) is 21.2 Å². The number of hydrogen-bond acceptors (Lipinski definition) is 2. The molecule has 1 rings (SSSR count). The van der Waals surface area contributed by atoms with E-state index in [9.17, 15) is 4.79 Å². The molecule has 1 aromatic rings. The first-order valence-electron chi connectivity index (χ1n) is 5.43. The van der Waals surface area contributed by atoms with Gasteiger partial charge in [0, 0.05) is 16.4 Å². The number of carbonyl (C=O) groups excluding carboxylic acids is 1. The van der Waals surface area contributed by atoms with Crippen molar-refractivity contribution >= 4 is 21.8 Å². The molecule has 1 atom stereocenters. The van der Waals surface area contributed by atoms with Crippen molar-refractivity contribution in [2.45, 2.75) is 25.8 Å². The average Bonchev–Trinajstić information content (AvgIpc) is 2.38. The molecule has 1 amide bonds. The number of alkyl halides is 1. The molecule has 1 aromatic carbocycles. The number of carbonyl (C=O) groups is 1. The third kappa shape index (κ3) is 3.57. The molecule has 17 heavy (non-hydrogen) atoms. The Bertz CT molecular complexity index is 430. The predicted octanol–water partition coefficient (Wildman–Crippen LogP) is 2.85. The highest BCUT2D eigenvalue weighted by atomic mass is 79.9. The molecule has 3 nitrogen and oxygen atoms in total. The molecule has 0 aliphatic rings. The molecule has 0 radical (unpaired) electrons. The number of halogens is 1. The molecule has 0 heterocycles.